The molecule has 1 fully saturated rings. The molecule has 2 unspecified atom stereocenters. The van der Waals surface area contributed by atoms with Gasteiger partial charge in [-0.25, -0.2) is 19.1 Å². The van der Waals surface area contributed by atoms with E-state index in [1.165, 1.54) is 36.4 Å². The van der Waals surface area contributed by atoms with Crippen LogP contribution in [0.4, 0.5) is 16.0 Å². The van der Waals surface area contributed by atoms with Gasteiger partial charge in [0.15, 0.2) is 5.03 Å². The number of rotatable bonds is 8. The van der Waals surface area contributed by atoms with Crippen molar-refractivity contribution in [1.82, 2.24) is 14.7 Å². The predicted molar refractivity (Wildman–Crippen MR) is 144 cm³/mol. The molecule has 2 aromatic heterocycles. The van der Waals surface area contributed by atoms with Crippen LogP contribution in [0.5, 0.6) is 5.75 Å². The van der Waals surface area contributed by atoms with Crippen LogP contribution in [0, 0.1) is 17.7 Å². The summed E-state index contributed by atoms with van der Waals surface area (Å²) < 4.78 is 48.0. The highest BCUT2D eigenvalue weighted by molar-refractivity contribution is 7.90. The van der Waals surface area contributed by atoms with Crippen LogP contribution in [0.2, 0.25) is 0 Å². The standard InChI is InChI=1S/C27H32FN5O4S/c1-16(2)15-37-21-12-19(11-20(28)13-21)23-9-8-22(26(30-23)33-14-17(3)10-18(33)4)27(34)32-38(35,36)25-7-5-6-24(29)31-25/h5-9,11-13,16-18H,10,14-15H2,1-4H3,(H2,29,31)(H,32,34). The van der Waals surface area contributed by atoms with Crippen LogP contribution >= 0.6 is 0 Å². The van der Waals surface area contributed by atoms with Gasteiger partial charge in [-0.05, 0) is 61.6 Å². The van der Waals surface area contributed by atoms with E-state index in [0.717, 1.165) is 6.42 Å². The SMILES string of the molecule is CC(C)COc1cc(F)cc(-c2ccc(C(=O)NS(=O)(=O)c3cccc(N)n3)c(N3CC(C)CC3C)n2)c1. The Morgan fingerprint density at radius 2 is 1.95 bits per heavy atom. The molecular formula is C27H32FN5O4S. The number of aromatic nitrogens is 2. The van der Waals surface area contributed by atoms with Crippen LogP contribution < -0.4 is 20.1 Å². The van der Waals surface area contributed by atoms with E-state index in [4.69, 9.17) is 15.5 Å². The molecule has 3 N–H and O–H groups in total. The summed E-state index contributed by atoms with van der Waals surface area (Å²) in [6.07, 6.45) is 0.881. The lowest BCUT2D eigenvalue weighted by Crippen LogP contribution is -2.35. The average Bonchev–Trinajstić information content (AvgIpc) is 3.19. The first kappa shape index (κ1) is 27.3. The molecule has 3 heterocycles. The minimum atomic E-state index is -4.28. The van der Waals surface area contributed by atoms with Gasteiger partial charge in [0.2, 0.25) is 0 Å². The zero-order chi connectivity index (χ0) is 27.6. The molecule has 1 saturated heterocycles. The molecule has 202 valence electrons. The van der Waals surface area contributed by atoms with Gasteiger partial charge in [0.05, 0.1) is 17.9 Å². The highest BCUT2D eigenvalue weighted by Crippen LogP contribution is 2.33. The van der Waals surface area contributed by atoms with Gasteiger partial charge in [-0.3, -0.25) is 4.79 Å². The lowest BCUT2D eigenvalue weighted by molar-refractivity contribution is 0.0981. The number of ether oxygens (including phenoxy) is 1. The lowest BCUT2D eigenvalue weighted by Gasteiger charge is -2.25. The van der Waals surface area contributed by atoms with E-state index in [-0.39, 0.29) is 28.4 Å². The maximum absolute atomic E-state index is 14.5. The number of sulfonamides is 1. The number of nitrogen functional groups attached to an aromatic ring is 1. The van der Waals surface area contributed by atoms with Gasteiger partial charge in [0, 0.05) is 24.2 Å². The summed E-state index contributed by atoms with van der Waals surface area (Å²) in [5.74, 6) is -0.00738. The Bertz CT molecular complexity index is 1450. The molecule has 0 saturated carbocycles. The van der Waals surface area contributed by atoms with E-state index in [9.17, 15) is 17.6 Å². The number of nitrogens with two attached hydrogens (primary N) is 1. The third kappa shape index (κ3) is 6.21. The number of benzene rings is 1. The molecule has 0 radical (unpaired) electrons. The molecule has 1 aliphatic rings. The molecule has 1 aromatic carbocycles. The second kappa shape index (κ2) is 10.9. The van der Waals surface area contributed by atoms with Crippen molar-refractivity contribution in [2.24, 2.45) is 11.8 Å². The third-order valence-electron chi connectivity index (χ3n) is 6.17. The second-order valence-electron chi connectivity index (χ2n) is 10.1. The van der Waals surface area contributed by atoms with E-state index in [2.05, 4.69) is 16.6 Å². The maximum Gasteiger partial charge on any atom is 0.281 e. The average molecular weight is 542 g/mol. The van der Waals surface area contributed by atoms with Crippen LogP contribution in [0.25, 0.3) is 11.3 Å². The summed E-state index contributed by atoms with van der Waals surface area (Å²) in [4.78, 5) is 23.8. The fourth-order valence-electron chi connectivity index (χ4n) is 4.47. The summed E-state index contributed by atoms with van der Waals surface area (Å²) in [5, 5.41) is -0.367. The molecule has 3 aromatic rings. The van der Waals surface area contributed by atoms with Gasteiger partial charge >= 0.3 is 0 Å². The van der Waals surface area contributed by atoms with Gasteiger partial charge in [-0.1, -0.05) is 26.8 Å². The van der Waals surface area contributed by atoms with Crippen LogP contribution in [0.3, 0.4) is 0 Å². The van der Waals surface area contributed by atoms with Crippen molar-refractivity contribution in [3.63, 3.8) is 0 Å². The predicted octanol–water partition coefficient (Wildman–Crippen LogP) is 4.25. The van der Waals surface area contributed by atoms with Crippen molar-refractivity contribution >= 4 is 27.6 Å². The number of carbonyl (C=O) groups is 1. The van der Waals surface area contributed by atoms with Crippen LogP contribution in [0.1, 0.15) is 44.5 Å². The number of anilines is 2. The van der Waals surface area contributed by atoms with Crippen molar-refractivity contribution in [2.75, 3.05) is 23.8 Å². The molecule has 9 nitrogen and oxygen atoms in total. The molecule has 11 heteroatoms. The number of hydrogen-bond acceptors (Lipinski definition) is 8. The summed E-state index contributed by atoms with van der Waals surface area (Å²) in [6, 6.07) is 11.6. The second-order valence-corrected chi connectivity index (χ2v) is 11.8. The molecule has 38 heavy (non-hydrogen) atoms. The number of amides is 1. The zero-order valence-corrected chi connectivity index (χ0v) is 22.6. The van der Waals surface area contributed by atoms with Gasteiger partial charge < -0.3 is 15.4 Å². The number of carbonyl (C=O) groups excluding carboxylic acids is 1. The van der Waals surface area contributed by atoms with Crippen LogP contribution in [0.15, 0.2) is 53.6 Å². The van der Waals surface area contributed by atoms with Crippen LogP contribution in [-0.2, 0) is 10.0 Å². The first-order valence-electron chi connectivity index (χ1n) is 12.4. The van der Waals surface area contributed by atoms with Crippen molar-refractivity contribution in [3.05, 3.63) is 59.9 Å². The number of halogens is 1. The highest BCUT2D eigenvalue weighted by atomic mass is 32.2. The summed E-state index contributed by atoms with van der Waals surface area (Å²) in [7, 11) is -4.28. The Morgan fingerprint density at radius 1 is 1.18 bits per heavy atom. The quantitative estimate of drug-likeness (QED) is 0.433. The Balaban J connectivity index is 1.73. The monoisotopic (exact) mass is 541 g/mol. The minimum Gasteiger partial charge on any atom is -0.493 e. The van der Waals surface area contributed by atoms with Crippen molar-refractivity contribution in [1.29, 1.82) is 0 Å². The fraction of sp³-hybridized carbons (Fsp3) is 0.370. The first-order chi connectivity index (χ1) is 17.9. The van der Waals surface area contributed by atoms with Crippen molar-refractivity contribution in [3.8, 4) is 17.0 Å². The maximum atomic E-state index is 14.5. The summed E-state index contributed by atoms with van der Waals surface area (Å²) in [5.41, 5.74) is 6.61. The summed E-state index contributed by atoms with van der Waals surface area (Å²) in [6.45, 7) is 9.18. The van der Waals surface area contributed by atoms with Gasteiger partial charge in [-0.15, -0.1) is 0 Å². The third-order valence-corrected chi connectivity index (χ3v) is 7.41. The number of nitrogens with one attached hydrogen (secondary N) is 1. The molecule has 4 rings (SSSR count). The zero-order valence-electron chi connectivity index (χ0n) is 21.8. The molecule has 1 amide bonds. The van der Waals surface area contributed by atoms with Crippen molar-refractivity contribution < 1.29 is 22.3 Å². The van der Waals surface area contributed by atoms with Crippen LogP contribution in [-0.4, -0.2) is 43.5 Å². The number of nitrogens with zero attached hydrogens (tertiary/aromatic N) is 3. The van der Waals surface area contributed by atoms with E-state index >= 15 is 0 Å². The molecule has 2 atom stereocenters. The van der Waals surface area contributed by atoms with Gasteiger partial charge in [0.25, 0.3) is 15.9 Å². The molecule has 0 bridgehead atoms. The molecule has 0 spiro atoms. The Morgan fingerprint density at radius 3 is 2.61 bits per heavy atom. The van der Waals surface area contributed by atoms with E-state index in [0.29, 0.717) is 41.9 Å². The largest absolute Gasteiger partial charge is 0.493 e. The normalized spacial score (nSPS) is 17.6. The summed E-state index contributed by atoms with van der Waals surface area (Å²) >= 11 is 0. The van der Waals surface area contributed by atoms with Gasteiger partial charge in [-0.2, -0.15) is 8.42 Å². The Labute approximate surface area is 222 Å². The van der Waals surface area contributed by atoms with Gasteiger partial charge in [0.1, 0.15) is 23.2 Å². The molecule has 0 aliphatic carbocycles. The number of hydrogen-bond donors (Lipinski definition) is 2. The Hall–Kier alpha value is -3.73. The Kier molecular flexibility index (Phi) is 7.86. The van der Waals surface area contributed by atoms with E-state index in [1.807, 2.05) is 25.7 Å². The van der Waals surface area contributed by atoms with E-state index < -0.39 is 21.7 Å². The molecular weight excluding hydrogens is 509 g/mol. The first-order valence-corrected chi connectivity index (χ1v) is 13.9. The van der Waals surface area contributed by atoms with Crippen molar-refractivity contribution in [2.45, 2.75) is 45.2 Å². The topological polar surface area (TPSA) is 128 Å². The smallest absolute Gasteiger partial charge is 0.281 e. The highest BCUT2D eigenvalue weighted by Gasteiger charge is 2.32. The number of pyridine rings is 2. The molecule has 1 aliphatic heterocycles. The van der Waals surface area contributed by atoms with E-state index in [1.54, 1.807) is 12.1 Å². The lowest BCUT2D eigenvalue weighted by atomic mass is 10.1. The minimum absolute atomic E-state index is 0.0127. The fourth-order valence-corrected chi connectivity index (χ4v) is 5.41.